The van der Waals surface area contributed by atoms with Gasteiger partial charge in [0.25, 0.3) is 0 Å². The van der Waals surface area contributed by atoms with Gasteiger partial charge in [-0.3, -0.25) is 9.79 Å². The van der Waals surface area contributed by atoms with Gasteiger partial charge in [-0.1, -0.05) is 38.0 Å². The van der Waals surface area contributed by atoms with E-state index in [1.807, 2.05) is 24.3 Å². The van der Waals surface area contributed by atoms with Crippen LogP contribution >= 0.6 is 0 Å². The van der Waals surface area contributed by atoms with Crippen molar-refractivity contribution in [1.29, 1.82) is 0 Å². The summed E-state index contributed by atoms with van der Waals surface area (Å²) in [5.74, 6) is -7.19. The number of hydrogen-bond acceptors (Lipinski definition) is 6. The molecule has 4 rings (SSSR count). The fraction of sp³-hybridized carbons (Fsp3) is 0.419. The monoisotopic (exact) mass is 600 g/mol. The maximum Gasteiger partial charge on any atom is 0.311 e. The number of aliphatic imine (C=N–C) groups is 1. The molecule has 0 aliphatic carbocycles. The number of carbonyl (C=O) groups excluding carboxylic acids is 1. The standard InChI is InChI=1S/C31H36F4N6O2/c1-2-3-14-24-40-28-29(19-11-7-8-12-22(19)39-31(28)37)41(24)17-10-9-16-38-23(36)13-5-4-6-15-25(42)43-30-26(34)20(32)18-21(33)27(30)35/h7-8,11-12,18H,2-6,9-10,13-17H2,1H3,(H2,36,38)(H2,37,39). The third-order valence-electron chi connectivity index (χ3n) is 7.15. The molecule has 8 nitrogen and oxygen atoms in total. The second-order valence-corrected chi connectivity index (χ2v) is 10.4. The zero-order chi connectivity index (χ0) is 30.9. The highest BCUT2D eigenvalue weighted by Crippen LogP contribution is 2.30. The summed E-state index contributed by atoms with van der Waals surface area (Å²) in [5.41, 5.74) is 14.9. The first-order chi connectivity index (χ1) is 20.7. The first-order valence-corrected chi connectivity index (χ1v) is 14.6. The highest BCUT2D eigenvalue weighted by atomic mass is 19.2. The van der Waals surface area contributed by atoms with Crippen LogP contribution in [0, 0.1) is 23.3 Å². The minimum Gasteiger partial charge on any atom is -0.420 e. The fourth-order valence-electron chi connectivity index (χ4n) is 4.91. The number of para-hydroxylation sites is 1. The number of amidine groups is 1. The second-order valence-electron chi connectivity index (χ2n) is 10.4. The molecule has 12 heteroatoms. The van der Waals surface area contributed by atoms with Gasteiger partial charge in [0.2, 0.25) is 17.4 Å². The number of nitrogens with two attached hydrogens (primary N) is 2. The van der Waals surface area contributed by atoms with Crippen molar-refractivity contribution in [2.45, 2.75) is 77.7 Å². The lowest BCUT2D eigenvalue weighted by molar-refractivity contribution is -0.135. The van der Waals surface area contributed by atoms with Gasteiger partial charge < -0.3 is 20.8 Å². The van der Waals surface area contributed by atoms with E-state index in [0.717, 1.165) is 66.4 Å². The van der Waals surface area contributed by atoms with E-state index in [1.165, 1.54) is 0 Å². The van der Waals surface area contributed by atoms with Crippen LogP contribution in [0.5, 0.6) is 5.75 Å². The Hall–Kier alpha value is -4.22. The number of aryl methyl sites for hydroxylation is 2. The minimum absolute atomic E-state index is 0.0515. The van der Waals surface area contributed by atoms with Gasteiger partial charge in [0.15, 0.2) is 17.5 Å². The summed E-state index contributed by atoms with van der Waals surface area (Å²) in [6.07, 6.45) is 6.57. The Bertz CT molecular complexity index is 1600. The molecule has 0 amide bonds. The molecule has 0 fully saturated rings. The molecular weight excluding hydrogens is 564 g/mol. The highest BCUT2D eigenvalue weighted by molar-refractivity contribution is 6.06. The average Bonchev–Trinajstić information content (AvgIpc) is 3.36. The van der Waals surface area contributed by atoms with Crippen molar-refractivity contribution in [2.24, 2.45) is 10.7 Å². The number of benzene rings is 2. The summed E-state index contributed by atoms with van der Waals surface area (Å²) in [7, 11) is 0. The van der Waals surface area contributed by atoms with Crippen LogP contribution in [-0.4, -0.2) is 32.9 Å². The zero-order valence-electron chi connectivity index (χ0n) is 24.1. The summed E-state index contributed by atoms with van der Waals surface area (Å²) < 4.78 is 60.6. The van der Waals surface area contributed by atoms with Gasteiger partial charge in [0, 0.05) is 43.8 Å². The molecule has 0 spiro atoms. The summed E-state index contributed by atoms with van der Waals surface area (Å²) in [6.45, 7) is 3.49. The topological polar surface area (TPSA) is 121 Å². The number of carbonyl (C=O) groups is 1. The highest BCUT2D eigenvalue weighted by Gasteiger charge is 2.23. The molecule has 0 saturated heterocycles. The van der Waals surface area contributed by atoms with Gasteiger partial charge in [-0.2, -0.15) is 8.78 Å². The third-order valence-corrected chi connectivity index (χ3v) is 7.15. The number of ether oxygens (including phenoxy) is 1. The van der Waals surface area contributed by atoms with Crippen molar-refractivity contribution in [1.82, 2.24) is 14.5 Å². The summed E-state index contributed by atoms with van der Waals surface area (Å²) in [6, 6.07) is 7.98. The smallest absolute Gasteiger partial charge is 0.311 e. The Kier molecular flexibility index (Phi) is 10.9. The molecule has 2 aromatic carbocycles. The number of nitrogen functional groups attached to an aromatic ring is 1. The van der Waals surface area contributed by atoms with Gasteiger partial charge in [-0.05, 0) is 38.2 Å². The number of aromatic nitrogens is 3. The molecule has 0 radical (unpaired) electrons. The Morgan fingerprint density at radius 1 is 0.953 bits per heavy atom. The lowest BCUT2D eigenvalue weighted by atomic mass is 10.1. The number of hydrogen-bond donors (Lipinski definition) is 2. The van der Waals surface area contributed by atoms with Gasteiger partial charge in [0.05, 0.1) is 16.9 Å². The molecule has 2 heterocycles. The zero-order valence-corrected chi connectivity index (χ0v) is 24.1. The van der Waals surface area contributed by atoms with Crippen molar-refractivity contribution in [2.75, 3.05) is 12.3 Å². The minimum atomic E-state index is -1.75. The molecule has 0 unspecified atom stereocenters. The normalized spacial score (nSPS) is 12.0. The molecule has 2 aromatic heterocycles. The third kappa shape index (κ3) is 7.79. The van der Waals surface area contributed by atoms with Gasteiger partial charge in [-0.15, -0.1) is 0 Å². The molecule has 230 valence electrons. The second kappa shape index (κ2) is 14.8. The molecule has 0 atom stereocenters. The van der Waals surface area contributed by atoms with Crippen LogP contribution in [-0.2, 0) is 17.8 Å². The van der Waals surface area contributed by atoms with Crippen LogP contribution in [0.25, 0.3) is 21.9 Å². The van der Waals surface area contributed by atoms with E-state index in [9.17, 15) is 22.4 Å². The maximum absolute atomic E-state index is 13.7. The number of esters is 1. The van der Waals surface area contributed by atoms with Crippen molar-refractivity contribution in [3.63, 3.8) is 0 Å². The number of unbranched alkanes of at least 4 members (excludes halogenated alkanes) is 4. The predicted octanol–water partition coefficient (Wildman–Crippen LogP) is 6.76. The number of pyridine rings is 1. The fourth-order valence-corrected chi connectivity index (χ4v) is 4.91. The van der Waals surface area contributed by atoms with E-state index in [2.05, 4.69) is 26.2 Å². The Balaban J connectivity index is 1.22. The van der Waals surface area contributed by atoms with Crippen LogP contribution in [0.2, 0.25) is 0 Å². The van der Waals surface area contributed by atoms with Gasteiger partial charge in [-0.25, -0.2) is 18.7 Å². The Morgan fingerprint density at radius 3 is 2.42 bits per heavy atom. The molecule has 0 bridgehead atoms. The van der Waals surface area contributed by atoms with E-state index in [0.29, 0.717) is 43.9 Å². The van der Waals surface area contributed by atoms with Crippen molar-refractivity contribution >= 4 is 39.6 Å². The van der Waals surface area contributed by atoms with Crippen LogP contribution in [0.15, 0.2) is 35.3 Å². The number of fused-ring (bicyclic) bond motifs is 3. The lowest BCUT2D eigenvalue weighted by Gasteiger charge is -2.11. The lowest BCUT2D eigenvalue weighted by Crippen LogP contribution is -2.13. The molecule has 4 aromatic rings. The molecular formula is C31H36F4N6O2. The molecule has 0 saturated carbocycles. The molecule has 0 aliphatic heterocycles. The predicted molar refractivity (Wildman–Crippen MR) is 159 cm³/mol. The Labute approximate surface area is 247 Å². The number of halogens is 4. The average molecular weight is 601 g/mol. The largest absolute Gasteiger partial charge is 0.420 e. The summed E-state index contributed by atoms with van der Waals surface area (Å²) in [4.78, 5) is 25.7. The first kappa shape index (κ1) is 31.7. The summed E-state index contributed by atoms with van der Waals surface area (Å²) in [5, 5.41) is 1.03. The number of nitrogens with zero attached hydrogens (tertiary/aromatic N) is 4. The van der Waals surface area contributed by atoms with Gasteiger partial charge in [0.1, 0.15) is 11.3 Å². The molecule has 4 N–H and O–H groups in total. The van der Waals surface area contributed by atoms with Crippen LogP contribution in [0.1, 0.15) is 70.5 Å². The van der Waals surface area contributed by atoms with Crippen LogP contribution in [0.3, 0.4) is 0 Å². The Morgan fingerprint density at radius 2 is 1.67 bits per heavy atom. The van der Waals surface area contributed by atoms with E-state index < -0.39 is 35.0 Å². The first-order valence-electron chi connectivity index (χ1n) is 14.6. The summed E-state index contributed by atoms with van der Waals surface area (Å²) >= 11 is 0. The number of rotatable bonds is 15. The number of anilines is 1. The van der Waals surface area contributed by atoms with Gasteiger partial charge >= 0.3 is 5.97 Å². The van der Waals surface area contributed by atoms with Crippen LogP contribution < -0.4 is 16.2 Å². The molecule has 0 aliphatic rings. The van der Waals surface area contributed by atoms with E-state index >= 15 is 0 Å². The SMILES string of the molecule is CCCCc1nc2c(N)nc3ccccc3c2n1CCCCN=C(N)CCCCCC(=O)Oc1c(F)c(F)cc(F)c1F. The van der Waals surface area contributed by atoms with E-state index in [-0.39, 0.29) is 12.5 Å². The van der Waals surface area contributed by atoms with E-state index in [1.54, 1.807) is 0 Å². The quantitative estimate of drug-likeness (QED) is 0.0296. The number of imidazole rings is 1. The van der Waals surface area contributed by atoms with Crippen molar-refractivity contribution in [3.8, 4) is 5.75 Å². The molecule has 43 heavy (non-hydrogen) atoms. The van der Waals surface area contributed by atoms with E-state index in [4.69, 9.17) is 16.5 Å². The van der Waals surface area contributed by atoms with Crippen LogP contribution in [0.4, 0.5) is 23.4 Å². The maximum atomic E-state index is 13.7. The van der Waals surface area contributed by atoms with Crippen molar-refractivity contribution < 1.29 is 27.1 Å². The van der Waals surface area contributed by atoms with Crippen molar-refractivity contribution in [3.05, 3.63) is 59.4 Å².